The van der Waals surface area contributed by atoms with Crippen molar-refractivity contribution in [1.29, 1.82) is 0 Å². The average Bonchev–Trinajstić information content (AvgIpc) is 2.93. The smallest absolute Gasteiger partial charge is 0.407 e. The molecule has 0 saturated heterocycles. The number of carboxylic acid groups (broad SMARTS) is 1. The molecule has 3 rings (SSSR count). The van der Waals surface area contributed by atoms with Crippen LogP contribution < -0.4 is 5.32 Å². The summed E-state index contributed by atoms with van der Waals surface area (Å²) in [6, 6.07) is 15.9. The van der Waals surface area contributed by atoms with Crippen LogP contribution in [0.5, 0.6) is 0 Å². The topological polar surface area (TPSA) is 75.6 Å². The summed E-state index contributed by atoms with van der Waals surface area (Å²) in [6.45, 7) is 5.42. The van der Waals surface area contributed by atoms with E-state index in [0.29, 0.717) is 0 Å². The van der Waals surface area contributed by atoms with Gasteiger partial charge in [-0.05, 0) is 35.6 Å². The van der Waals surface area contributed by atoms with E-state index in [1.54, 1.807) is 6.92 Å². The van der Waals surface area contributed by atoms with Crippen LogP contribution in [0.1, 0.15) is 30.4 Å². The molecule has 0 bridgehead atoms. The molecule has 26 heavy (non-hydrogen) atoms. The lowest BCUT2D eigenvalue weighted by atomic mass is 9.98. The number of carbonyl (C=O) groups excluding carboxylic acids is 1. The minimum atomic E-state index is -1.06. The Morgan fingerprint density at radius 2 is 1.65 bits per heavy atom. The van der Waals surface area contributed by atoms with Crippen molar-refractivity contribution in [2.24, 2.45) is 0 Å². The van der Waals surface area contributed by atoms with Crippen LogP contribution in [0.4, 0.5) is 4.79 Å². The van der Waals surface area contributed by atoms with E-state index in [1.165, 1.54) is 11.1 Å². The lowest BCUT2D eigenvalue weighted by molar-refractivity contribution is -0.132. The van der Waals surface area contributed by atoms with Crippen molar-refractivity contribution in [2.45, 2.75) is 25.3 Å². The molecular weight excluding hydrogens is 330 g/mol. The minimum Gasteiger partial charge on any atom is -0.478 e. The van der Waals surface area contributed by atoms with Crippen LogP contribution in [-0.2, 0) is 9.53 Å². The highest BCUT2D eigenvalue weighted by molar-refractivity contribution is 5.86. The number of carboxylic acids is 1. The van der Waals surface area contributed by atoms with Crippen LogP contribution in [0, 0.1) is 0 Å². The molecule has 0 unspecified atom stereocenters. The summed E-state index contributed by atoms with van der Waals surface area (Å²) in [5, 5.41) is 11.5. The number of hydrogen-bond donors (Lipinski definition) is 2. The van der Waals surface area contributed by atoms with Crippen molar-refractivity contribution in [2.75, 3.05) is 6.61 Å². The molecule has 0 fully saturated rings. The van der Waals surface area contributed by atoms with Gasteiger partial charge in [0, 0.05) is 17.5 Å². The fourth-order valence-corrected chi connectivity index (χ4v) is 3.35. The fourth-order valence-electron chi connectivity index (χ4n) is 3.35. The van der Waals surface area contributed by atoms with Gasteiger partial charge in [0.2, 0.25) is 0 Å². The summed E-state index contributed by atoms with van der Waals surface area (Å²) in [5.41, 5.74) is 4.69. The molecule has 0 radical (unpaired) electrons. The maximum absolute atomic E-state index is 12.1. The van der Waals surface area contributed by atoms with Gasteiger partial charge in [-0.15, -0.1) is 0 Å². The maximum Gasteiger partial charge on any atom is 0.407 e. The second-order valence-electron chi connectivity index (χ2n) is 6.48. The van der Waals surface area contributed by atoms with E-state index in [2.05, 4.69) is 36.2 Å². The standard InChI is InChI=1S/C21H21NO4/c1-13(20(23)24)11-14(2)22-21(25)26-12-19-17-9-5-3-7-15(17)16-8-4-6-10-18(16)19/h3-10,14,19H,1,11-12H2,2H3,(H,22,25)(H,23,24)/t14-/m0/s1. The number of fused-ring (bicyclic) bond motifs is 3. The van der Waals surface area contributed by atoms with Crippen LogP contribution in [0.3, 0.4) is 0 Å². The van der Waals surface area contributed by atoms with Crippen LogP contribution in [0.2, 0.25) is 0 Å². The molecule has 5 nitrogen and oxygen atoms in total. The predicted octanol–water partition coefficient (Wildman–Crippen LogP) is 3.94. The molecule has 1 amide bonds. The fraction of sp³-hybridized carbons (Fsp3) is 0.238. The monoisotopic (exact) mass is 351 g/mol. The molecule has 0 spiro atoms. The van der Waals surface area contributed by atoms with Gasteiger partial charge in [-0.25, -0.2) is 9.59 Å². The van der Waals surface area contributed by atoms with Crippen molar-refractivity contribution in [3.05, 3.63) is 71.8 Å². The third-order valence-corrected chi connectivity index (χ3v) is 4.56. The Morgan fingerprint density at radius 3 is 2.19 bits per heavy atom. The Labute approximate surface area is 152 Å². The van der Waals surface area contributed by atoms with Crippen molar-refractivity contribution in [3.8, 4) is 11.1 Å². The number of alkyl carbamates (subject to hydrolysis) is 1. The largest absolute Gasteiger partial charge is 0.478 e. The Balaban J connectivity index is 1.64. The molecule has 2 aromatic carbocycles. The van der Waals surface area contributed by atoms with Crippen LogP contribution in [0.25, 0.3) is 11.1 Å². The Bertz CT molecular complexity index is 813. The van der Waals surface area contributed by atoms with Gasteiger partial charge in [-0.1, -0.05) is 55.1 Å². The van der Waals surface area contributed by atoms with Gasteiger partial charge in [-0.3, -0.25) is 0 Å². The number of carbonyl (C=O) groups is 2. The highest BCUT2D eigenvalue weighted by Gasteiger charge is 2.29. The number of aliphatic carboxylic acids is 1. The second kappa shape index (κ2) is 7.44. The molecule has 2 aromatic rings. The molecular formula is C21H21NO4. The summed E-state index contributed by atoms with van der Waals surface area (Å²) in [5.74, 6) is -1.07. The summed E-state index contributed by atoms with van der Waals surface area (Å²) in [7, 11) is 0. The van der Waals surface area contributed by atoms with E-state index < -0.39 is 12.1 Å². The third-order valence-electron chi connectivity index (χ3n) is 4.56. The quantitative estimate of drug-likeness (QED) is 0.773. The highest BCUT2D eigenvalue weighted by atomic mass is 16.5. The third kappa shape index (κ3) is 3.61. The van der Waals surface area contributed by atoms with E-state index in [4.69, 9.17) is 9.84 Å². The highest BCUT2D eigenvalue weighted by Crippen LogP contribution is 2.44. The summed E-state index contributed by atoms with van der Waals surface area (Å²) in [4.78, 5) is 22.9. The summed E-state index contributed by atoms with van der Waals surface area (Å²) < 4.78 is 5.43. The molecule has 5 heteroatoms. The maximum atomic E-state index is 12.1. The summed E-state index contributed by atoms with van der Waals surface area (Å²) in [6.07, 6.45) is -0.392. The Hall–Kier alpha value is -3.08. The number of amides is 1. The lowest BCUT2D eigenvalue weighted by Crippen LogP contribution is -2.34. The first-order valence-corrected chi connectivity index (χ1v) is 8.50. The molecule has 0 aromatic heterocycles. The molecule has 2 N–H and O–H groups in total. The number of benzene rings is 2. The molecule has 1 aliphatic carbocycles. The predicted molar refractivity (Wildman–Crippen MR) is 99.1 cm³/mol. The molecule has 0 aliphatic heterocycles. The van der Waals surface area contributed by atoms with Crippen molar-refractivity contribution < 1.29 is 19.4 Å². The van der Waals surface area contributed by atoms with E-state index in [9.17, 15) is 9.59 Å². The average molecular weight is 351 g/mol. The number of hydrogen-bond acceptors (Lipinski definition) is 3. The minimum absolute atomic E-state index is 0.00237. The first kappa shape index (κ1) is 17.7. The van der Waals surface area contributed by atoms with Crippen LogP contribution in [0.15, 0.2) is 60.7 Å². The number of ether oxygens (including phenoxy) is 1. The lowest BCUT2D eigenvalue weighted by Gasteiger charge is -2.17. The van der Waals surface area contributed by atoms with Gasteiger partial charge in [-0.2, -0.15) is 0 Å². The van der Waals surface area contributed by atoms with Gasteiger partial charge in [0.15, 0.2) is 0 Å². The number of rotatable bonds is 6. The van der Waals surface area contributed by atoms with Gasteiger partial charge in [0.1, 0.15) is 6.61 Å². The zero-order valence-electron chi connectivity index (χ0n) is 14.6. The van der Waals surface area contributed by atoms with Gasteiger partial charge < -0.3 is 15.2 Å². The van der Waals surface area contributed by atoms with Crippen molar-refractivity contribution in [3.63, 3.8) is 0 Å². The van der Waals surface area contributed by atoms with E-state index >= 15 is 0 Å². The van der Waals surface area contributed by atoms with E-state index in [-0.39, 0.29) is 30.6 Å². The summed E-state index contributed by atoms with van der Waals surface area (Å²) >= 11 is 0. The zero-order chi connectivity index (χ0) is 18.7. The molecule has 1 atom stereocenters. The number of nitrogens with one attached hydrogen (secondary N) is 1. The van der Waals surface area contributed by atoms with Gasteiger partial charge >= 0.3 is 12.1 Å². The second-order valence-corrected chi connectivity index (χ2v) is 6.48. The van der Waals surface area contributed by atoms with E-state index in [0.717, 1.165) is 11.1 Å². The van der Waals surface area contributed by atoms with Crippen LogP contribution in [-0.4, -0.2) is 29.8 Å². The van der Waals surface area contributed by atoms with Gasteiger partial charge in [0.05, 0.1) is 0 Å². The van der Waals surface area contributed by atoms with E-state index in [1.807, 2.05) is 24.3 Å². The first-order valence-electron chi connectivity index (χ1n) is 8.50. The molecule has 0 heterocycles. The first-order chi connectivity index (χ1) is 12.5. The normalized spacial score (nSPS) is 13.4. The zero-order valence-corrected chi connectivity index (χ0v) is 14.6. The van der Waals surface area contributed by atoms with Crippen molar-refractivity contribution >= 4 is 12.1 Å². The van der Waals surface area contributed by atoms with Gasteiger partial charge in [0.25, 0.3) is 0 Å². The molecule has 0 saturated carbocycles. The molecule has 134 valence electrons. The van der Waals surface area contributed by atoms with Crippen LogP contribution >= 0.6 is 0 Å². The Kier molecular flexibility index (Phi) is 5.07. The Morgan fingerprint density at radius 1 is 1.12 bits per heavy atom. The van der Waals surface area contributed by atoms with Crippen molar-refractivity contribution in [1.82, 2.24) is 5.32 Å². The molecule has 1 aliphatic rings. The SMILES string of the molecule is C=C(C[C@H](C)NC(=O)OCC1c2ccccc2-c2ccccc21)C(=O)O.